The summed E-state index contributed by atoms with van der Waals surface area (Å²) >= 11 is 0.0237. The molecule has 0 amide bonds. The number of nitriles is 1. The van der Waals surface area contributed by atoms with Crippen LogP contribution in [0.2, 0.25) is 3.71 Å². The average molecular weight is 535 g/mol. The van der Waals surface area contributed by atoms with E-state index in [4.69, 9.17) is 9.47 Å². The Morgan fingerprint density at radius 3 is 2.10 bits per heavy atom. The van der Waals surface area contributed by atoms with Crippen molar-refractivity contribution in [3.63, 3.8) is 0 Å². The average Bonchev–Trinajstić information content (AvgIpc) is 3.09. The van der Waals surface area contributed by atoms with Crippen LogP contribution in [0, 0.1) is 22.7 Å². The van der Waals surface area contributed by atoms with E-state index < -0.39 is 16.9 Å². The van der Waals surface area contributed by atoms with Gasteiger partial charge in [0, 0.05) is 0 Å². The molecule has 0 aliphatic heterocycles. The normalized spacial score (nSPS) is 25.8. The van der Waals surface area contributed by atoms with Crippen molar-refractivity contribution in [1.82, 2.24) is 0 Å². The van der Waals surface area contributed by atoms with Crippen LogP contribution in [-0.2, 0) is 14.3 Å². The maximum absolute atomic E-state index is 13.6. The van der Waals surface area contributed by atoms with Gasteiger partial charge in [-0.25, -0.2) is 0 Å². The number of nitrogens with zero attached hydrogens (tertiary/aromatic N) is 1. The van der Waals surface area contributed by atoms with E-state index in [2.05, 4.69) is 30.3 Å². The van der Waals surface area contributed by atoms with Gasteiger partial charge in [-0.3, -0.25) is 0 Å². The number of carbonyl (C=O) groups is 1. The number of rotatable bonds is 8. The Morgan fingerprint density at radius 2 is 1.67 bits per heavy atom. The van der Waals surface area contributed by atoms with E-state index in [1.54, 1.807) is 7.11 Å². The molecular weight excluding hydrogens is 508 g/mol. The first kappa shape index (κ1) is 23.1. The summed E-state index contributed by atoms with van der Waals surface area (Å²) in [6, 6.07) is 23.1. The van der Waals surface area contributed by atoms with E-state index in [1.807, 2.05) is 50.2 Å². The monoisotopic (exact) mass is 537 g/mol. The molecule has 0 heterocycles. The van der Waals surface area contributed by atoms with Crippen LogP contribution in [-0.4, -0.2) is 55.2 Å². The van der Waals surface area contributed by atoms with Crippen LogP contribution in [0.4, 0.5) is 0 Å². The molecule has 0 aromatic heterocycles. The topological polar surface area (TPSA) is 59.3 Å². The van der Waals surface area contributed by atoms with Crippen LogP contribution in [0.15, 0.2) is 60.7 Å². The van der Waals surface area contributed by atoms with Gasteiger partial charge in [0.2, 0.25) is 0 Å². The quantitative estimate of drug-likeness (QED) is 0.386. The Balaban J connectivity index is 2.10. The Hall–Kier alpha value is -1.60. The molecule has 158 valence electrons. The third kappa shape index (κ3) is 4.83. The molecule has 0 unspecified atom stereocenters. The summed E-state index contributed by atoms with van der Waals surface area (Å²) in [6.45, 7) is 4.16. The van der Waals surface area contributed by atoms with Crippen molar-refractivity contribution < 1.29 is 14.3 Å². The first-order valence-electron chi connectivity index (χ1n) is 10.0. The van der Waals surface area contributed by atoms with Gasteiger partial charge in [-0.1, -0.05) is 0 Å². The molecular formula is C24H27NO3Se2. The number of esters is 1. The second-order valence-electron chi connectivity index (χ2n) is 7.67. The van der Waals surface area contributed by atoms with Gasteiger partial charge >= 0.3 is 192 Å². The van der Waals surface area contributed by atoms with Gasteiger partial charge in [-0.05, 0) is 0 Å². The van der Waals surface area contributed by atoms with Crippen molar-refractivity contribution in [3.8, 4) is 6.07 Å². The Morgan fingerprint density at radius 1 is 1.13 bits per heavy atom. The molecule has 6 heteroatoms. The summed E-state index contributed by atoms with van der Waals surface area (Å²) in [7, 11) is 1.68. The fourth-order valence-corrected chi connectivity index (χ4v) is 11.8. The summed E-state index contributed by atoms with van der Waals surface area (Å²) in [4.78, 5) is 13.6. The fraction of sp³-hybridized carbons (Fsp3) is 0.417. The van der Waals surface area contributed by atoms with Gasteiger partial charge in [0.05, 0.1) is 0 Å². The first-order valence-corrected chi connectivity index (χ1v) is 13.7. The standard InChI is InChI=1S/C24H27NO3Se2/c1-4-28-21(26)24(17-23(2,27-3)15-18(24)16-25)22(29-19-11-7-5-8-12-19)30-20-13-9-6-10-14-20/h5-14,18,22H,4,15,17H2,1-3H3/t18-,23-,24-/m0/s1. The Bertz CT molecular complexity index is 845. The van der Waals surface area contributed by atoms with Crippen LogP contribution >= 0.6 is 0 Å². The maximum atomic E-state index is 13.6. The molecule has 4 nitrogen and oxygen atoms in total. The second kappa shape index (κ2) is 10.1. The Kier molecular flexibility index (Phi) is 7.80. The predicted octanol–water partition coefficient (Wildman–Crippen LogP) is 2.68. The Labute approximate surface area is 191 Å². The third-order valence-corrected chi connectivity index (χ3v) is 12.7. The van der Waals surface area contributed by atoms with Crippen molar-refractivity contribution in [2.24, 2.45) is 11.3 Å². The summed E-state index contributed by atoms with van der Waals surface area (Å²) < 4.78 is 14.0. The van der Waals surface area contributed by atoms with Crippen molar-refractivity contribution in [2.75, 3.05) is 13.7 Å². The summed E-state index contributed by atoms with van der Waals surface area (Å²) in [6.07, 6.45) is 1.06. The molecule has 3 atom stereocenters. The summed E-state index contributed by atoms with van der Waals surface area (Å²) in [5.74, 6) is -0.666. The van der Waals surface area contributed by atoms with E-state index in [0.29, 0.717) is 19.4 Å². The minimum absolute atomic E-state index is 0.0119. The van der Waals surface area contributed by atoms with Gasteiger partial charge in [-0.15, -0.1) is 0 Å². The van der Waals surface area contributed by atoms with E-state index in [9.17, 15) is 10.1 Å². The molecule has 0 bridgehead atoms. The van der Waals surface area contributed by atoms with Crippen LogP contribution in [0.1, 0.15) is 26.7 Å². The molecule has 2 aromatic carbocycles. The molecule has 3 rings (SSSR count). The summed E-state index contributed by atoms with van der Waals surface area (Å²) in [5.41, 5.74) is -1.37. The third-order valence-electron chi connectivity index (χ3n) is 5.62. The van der Waals surface area contributed by atoms with Gasteiger partial charge in [0.25, 0.3) is 0 Å². The van der Waals surface area contributed by atoms with Crippen LogP contribution in [0.25, 0.3) is 0 Å². The van der Waals surface area contributed by atoms with E-state index in [-0.39, 0.29) is 39.6 Å². The predicted molar refractivity (Wildman–Crippen MR) is 120 cm³/mol. The van der Waals surface area contributed by atoms with E-state index in [0.717, 1.165) is 0 Å². The first-order chi connectivity index (χ1) is 14.5. The molecule has 1 aliphatic rings. The molecule has 1 aliphatic carbocycles. The molecule has 0 spiro atoms. The molecule has 1 saturated carbocycles. The van der Waals surface area contributed by atoms with E-state index in [1.165, 1.54) is 8.92 Å². The van der Waals surface area contributed by atoms with Crippen LogP contribution in [0.5, 0.6) is 0 Å². The number of carbonyl (C=O) groups excluding carboxylic acids is 1. The van der Waals surface area contributed by atoms with E-state index >= 15 is 0 Å². The van der Waals surface area contributed by atoms with Crippen molar-refractivity contribution in [1.29, 1.82) is 5.26 Å². The van der Waals surface area contributed by atoms with Crippen molar-refractivity contribution in [2.45, 2.75) is 36.0 Å². The second-order valence-corrected chi connectivity index (χ2v) is 14.1. The van der Waals surface area contributed by atoms with Crippen molar-refractivity contribution in [3.05, 3.63) is 60.7 Å². The van der Waals surface area contributed by atoms with Gasteiger partial charge in [0.15, 0.2) is 0 Å². The SMILES string of the molecule is CCOC(=O)[C@]1(C([Se]c2ccccc2)[Se]c2ccccc2)C[C@@](C)(OC)C[C@H]1C#N. The van der Waals surface area contributed by atoms with Crippen LogP contribution < -0.4 is 8.92 Å². The molecule has 30 heavy (non-hydrogen) atoms. The molecule has 0 radical (unpaired) electrons. The van der Waals surface area contributed by atoms with Crippen molar-refractivity contribution >= 4 is 44.8 Å². The minimum atomic E-state index is -0.860. The fourth-order valence-electron chi connectivity index (χ4n) is 4.05. The zero-order valence-electron chi connectivity index (χ0n) is 17.5. The zero-order valence-corrected chi connectivity index (χ0v) is 21.0. The number of methoxy groups -OCH3 is 1. The molecule has 1 fully saturated rings. The number of hydrogen-bond acceptors (Lipinski definition) is 4. The number of benzene rings is 2. The molecule has 0 N–H and O–H groups in total. The zero-order chi connectivity index (χ0) is 21.6. The number of ether oxygens (including phenoxy) is 2. The number of hydrogen-bond donors (Lipinski definition) is 0. The van der Waals surface area contributed by atoms with Gasteiger partial charge < -0.3 is 0 Å². The molecule has 0 saturated heterocycles. The van der Waals surface area contributed by atoms with Gasteiger partial charge in [-0.2, -0.15) is 0 Å². The molecule has 2 aromatic rings. The van der Waals surface area contributed by atoms with Crippen LogP contribution in [0.3, 0.4) is 0 Å². The summed E-state index contributed by atoms with van der Waals surface area (Å²) in [5, 5.41) is 10.1. The van der Waals surface area contributed by atoms with Gasteiger partial charge in [0.1, 0.15) is 0 Å².